The number of amides is 2. The van der Waals surface area contributed by atoms with Crippen LogP contribution in [0.5, 0.6) is 0 Å². The largest absolute Gasteiger partial charge is 0.336 e. The normalized spacial score (nSPS) is 17.9. The summed E-state index contributed by atoms with van der Waals surface area (Å²) in [6.45, 7) is 11.3. The molecule has 34 heavy (non-hydrogen) atoms. The molecule has 0 aliphatic carbocycles. The van der Waals surface area contributed by atoms with Crippen molar-refractivity contribution in [3.05, 3.63) is 59.9 Å². The van der Waals surface area contributed by atoms with Crippen molar-refractivity contribution in [2.75, 3.05) is 11.4 Å². The average Bonchev–Trinajstić information content (AvgIpc) is 3.39. The molecule has 6 heteroatoms. The van der Waals surface area contributed by atoms with E-state index in [1.807, 2.05) is 69.8 Å². The van der Waals surface area contributed by atoms with E-state index in [1.165, 1.54) is 0 Å². The van der Waals surface area contributed by atoms with Crippen LogP contribution in [0.1, 0.15) is 64.3 Å². The third kappa shape index (κ3) is 4.59. The summed E-state index contributed by atoms with van der Waals surface area (Å²) >= 11 is 0. The van der Waals surface area contributed by atoms with Crippen LogP contribution in [0.2, 0.25) is 0 Å². The number of fused-ring (bicyclic) bond motifs is 1. The summed E-state index contributed by atoms with van der Waals surface area (Å²) in [5.41, 5.74) is 3.86. The van der Waals surface area contributed by atoms with Gasteiger partial charge in [-0.3, -0.25) is 9.59 Å². The number of anilines is 1. The first-order valence-electron chi connectivity index (χ1n) is 12.5. The van der Waals surface area contributed by atoms with Crippen molar-refractivity contribution in [2.24, 2.45) is 0 Å². The highest BCUT2D eigenvalue weighted by Gasteiger charge is 2.35. The highest BCUT2D eigenvalue weighted by atomic mass is 16.2. The minimum atomic E-state index is -0.0612. The third-order valence-corrected chi connectivity index (χ3v) is 7.20. The van der Waals surface area contributed by atoms with Gasteiger partial charge in [0.25, 0.3) is 0 Å². The van der Waals surface area contributed by atoms with E-state index in [0.29, 0.717) is 13.0 Å². The maximum Gasteiger partial charge on any atom is 0.243 e. The number of imidazole rings is 1. The van der Waals surface area contributed by atoms with E-state index < -0.39 is 0 Å². The van der Waals surface area contributed by atoms with Crippen LogP contribution in [0, 0.1) is 6.92 Å². The second kappa shape index (κ2) is 10.00. The van der Waals surface area contributed by atoms with Gasteiger partial charge >= 0.3 is 0 Å². The zero-order valence-electron chi connectivity index (χ0n) is 21.0. The smallest absolute Gasteiger partial charge is 0.243 e. The molecule has 1 saturated heterocycles. The number of para-hydroxylation sites is 2. The molecule has 1 aliphatic heterocycles. The highest BCUT2D eigenvalue weighted by Crippen LogP contribution is 2.33. The number of nitrogens with zero attached hydrogens (tertiary/aromatic N) is 4. The van der Waals surface area contributed by atoms with Gasteiger partial charge in [-0.1, -0.05) is 38.1 Å². The van der Waals surface area contributed by atoms with Gasteiger partial charge in [0, 0.05) is 36.7 Å². The number of hydrogen-bond acceptors (Lipinski definition) is 3. The predicted molar refractivity (Wildman–Crippen MR) is 137 cm³/mol. The van der Waals surface area contributed by atoms with Crippen LogP contribution < -0.4 is 4.90 Å². The molecule has 2 aromatic carbocycles. The van der Waals surface area contributed by atoms with Crippen LogP contribution >= 0.6 is 0 Å². The lowest BCUT2D eigenvalue weighted by Crippen LogP contribution is -2.46. The van der Waals surface area contributed by atoms with Crippen LogP contribution in [0.3, 0.4) is 0 Å². The van der Waals surface area contributed by atoms with Crippen LogP contribution in [-0.2, 0) is 16.1 Å². The second-order valence-corrected chi connectivity index (χ2v) is 9.60. The Bertz CT molecular complexity index is 1170. The average molecular weight is 461 g/mol. The highest BCUT2D eigenvalue weighted by molar-refractivity contribution is 5.96. The molecule has 0 N–H and O–H groups in total. The Balaban J connectivity index is 1.68. The Morgan fingerprint density at radius 3 is 2.47 bits per heavy atom. The summed E-state index contributed by atoms with van der Waals surface area (Å²) < 4.78 is 2.05. The number of carbonyl (C=O) groups excluding carboxylic acids is 2. The van der Waals surface area contributed by atoms with Gasteiger partial charge in [-0.15, -0.1) is 0 Å². The fourth-order valence-electron chi connectivity index (χ4n) is 5.03. The molecule has 2 heterocycles. The molecule has 2 amide bonds. The van der Waals surface area contributed by atoms with Crippen LogP contribution in [0.4, 0.5) is 5.69 Å². The first kappa shape index (κ1) is 24.0. The molecular weight excluding hydrogens is 424 g/mol. The molecule has 3 aromatic rings. The molecule has 0 spiro atoms. The lowest BCUT2D eigenvalue weighted by molar-refractivity contribution is -0.136. The molecule has 1 aliphatic rings. The Labute approximate surface area is 202 Å². The van der Waals surface area contributed by atoms with Crippen molar-refractivity contribution in [2.45, 2.75) is 78.4 Å². The summed E-state index contributed by atoms with van der Waals surface area (Å²) in [7, 11) is 0. The molecule has 0 radical (unpaired) electrons. The Kier molecular flexibility index (Phi) is 7.05. The standard InChI is InChI=1S/C28H36N4O2/c1-6-20(4)32(21(5)7-2)27(34)18-31-25-14-9-8-13-24(25)29-28(31)22-16-26(33)30(17-22)23-12-10-11-19(3)15-23/h8-15,20-22H,6-7,16-18H2,1-5H3. The Hall–Kier alpha value is -3.15. The van der Waals surface area contributed by atoms with E-state index in [-0.39, 0.29) is 36.4 Å². The molecule has 4 rings (SSSR count). The number of carbonyl (C=O) groups is 2. The van der Waals surface area contributed by atoms with Crippen LogP contribution in [-0.4, -0.2) is 44.9 Å². The number of rotatable bonds is 8. The third-order valence-electron chi connectivity index (χ3n) is 7.20. The number of aryl methyl sites for hydroxylation is 1. The van der Waals surface area contributed by atoms with Crippen molar-refractivity contribution >= 4 is 28.5 Å². The van der Waals surface area contributed by atoms with Gasteiger partial charge in [0.15, 0.2) is 0 Å². The summed E-state index contributed by atoms with van der Waals surface area (Å²) in [6, 6.07) is 16.3. The van der Waals surface area contributed by atoms with E-state index >= 15 is 0 Å². The number of aromatic nitrogens is 2. The first-order chi connectivity index (χ1) is 16.3. The summed E-state index contributed by atoms with van der Waals surface area (Å²) in [6.07, 6.45) is 2.22. The minimum Gasteiger partial charge on any atom is -0.336 e. The van der Waals surface area contributed by atoms with Gasteiger partial charge in [0.05, 0.1) is 11.0 Å². The van der Waals surface area contributed by atoms with E-state index in [2.05, 4.69) is 27.7 Å². The zero-order valence-corrected chi connectivity index (χ0v) is 21.0. The molecule has 0 bridgehead atoms. The van der Waals surface area contributed by atoms with E-state index in [1.54, 1.807) is 0 Å². The molecule has 0 saturated carbocycles. The van der Waals surface area contributed by atoms with Gasteiger partial charge in [0.1, 0.15) is 12.4 Å². The first-order valence-corrected chi connectivity index (χ1v) is 12.5. The molecule has 3 atom stereocenters. The van der Waals surface area contributed by atoms with E-state index in [4.69, 9.17) is 4.98 Å². The lowest BCUT2D eigenvalue weighted by atomic mass is 10.1. The zero-order chi connectivity index (χ0) is 24.4. The maximum absolute atomic E-state index is 13.6. The molecule has 1 fully saturated rings. The Morgan fingerprint density at radius 2 is 1.79 bits per heavy atom. The molecular formula is C28H36N4O2. The quantitative estimate of drug-likeness (QED) is 0.459. The molecule has 180 valence electrons. The number of hydrogen-bond donors (Lipinski definition) is 0. The lowest BCUT2D eigenvalue weighted by Gasteiger charge is -2.34. The molecule has 3 unspecified atom stereocenters. The molecule has 1 aromatic heterocycles. The van der Waals surface area contributed by atoms with Gasteiger partial charge in [-0.2, -0.15) is 0 Å². The summed E-state index contributed by atoms with van der Waals surface area (Å²) in [4.78, 5) is 35.4. The van der Waals surface area contributed by atoms with Gasteiger partial charge in [0.2, 0.25) is 11.8 Å². The monoisotopic (exact) mass is 460 g/mol. The SMILES string of the molecule is CCC(C)N(C(=O)Cn1c(C2CC(=O)N(c3cccc(C)c3)C2)nc2ccccc21)C(C)CC. The fraction of sp³-hybridized carbons (Fsp3) is 0.464. The van der Waals surface area contributed by atoms with Crippen molar-refractivity contribution in [1.29, 1.82) is 0 Å². The van der Waals surface area contributed by atoms with E-state index in [0.717, 1.165) is 41.0 Å². The van der Waals surface area contributed by atoms with Crippen molar-refractivity contribution in [3.63, 3.8) is 0 Å². The summed E-state index contributed by atoms with van der Waals surface area (Å²) in [5, 5.41) is 0. The number of benzene rings is 2. The fourth-order valence-corrected chi connectivity index (χ4v) is 5.03. The Morgan fingerprint density at radius 1 is 1.09 bits per heavy atom. The van der Waals surface area contributed by atoms with Crippen LogP contribution in [0.15, 0.2) is 48.5 Å². The minimum absolute atomic E-state index is 0.0612. The van der Waals surface area contributed by atoms with Crippen molar-refractivity contribution in [3.8, 4) is 0 Å². The van der Waals surface area contributed by atoms with Gasteiger partial charge < -0.3 is 14.4 Å². The van der Waals surface area contributed by atoms with Crippen molar-refractivity contribution in [1.82, 2.24) is 14.5 Å². The van der Waals surface area contributed by atoms with Crippen LogP contribution in [0.25, 0.3) is 11.0 Å². The van der Waals surface area contributed by atoms with Crippen molar-refractivity contribution < 1.29 is 9.59 Å². The molecule has 6 nitrogen and oxygen atoms in total. The summed E-state index contributed by atoms with van der Waals surface area (Å²) in [5.74, 6) is 0.967. The van der Waals surface area contributed by atoms with Gasteiger partial charge in [-0.05, 0) is 63.4 Å². The predicted octanol–water partition coefficient (Wildman–Crippen LogP) is 5.29. The maximum atomic E-state index is 13.6. The topological polar surface area (TPSA) is 58.4 Å². The van der Waals surface area contributed by atoms with E-state index in [9.17, 15) is 9.59 Å². The van der Waals surface area contributed by atoms with Gasteiger partial charge in [-0.25, -0.2) is 4.98 Å². The second-order valence-electron chi connectivity index (χ2n) is 9.60.